The quantitative estimate of drug-likeness (QED) is 0.240. The monoisotopic (exact) mass is 686 g/mol. The number of carboxylic acid groups (broad SMARTS) is 1. The van der Waals surface area contributed by atoms with E-state index < -0.39 is 53.8 Å². The van der Waals surface area contributed by atoms with Crippen LogP contribution in [0.1, 0.15) is 101 Å². The summed E-state index contributed by atoms with van der Waals surface area (Å²) in [4.78, 5) is 69.1. The first kappa shape index (κ1) is 45.1. The molecular formula is C35H66N4O9. The molecule has 0 radical (unpaired) electrons. The standard InChI is InChI=1S/C32H58N4O9.C3H8/c1-13-20(4)27(23(43-11)17-24(37)36-16-14-15-22(36)28(44-12)21(5)30(40)41)34(9)25(38)18-33-29(39)26(19(2)3)35(10)31(42)45-32(6,7)8;1-3-2/h19-23,26-28H,13-18H2,1-12H3,(H,33,39)(H,40,41);3H2,1-2H3. The molecule has 1 fully saturated rings. The average Bonchev–Trinajstić information content (AvgIpc) is 3.48. The average molecular weight is 687 g/mol. The zero-order valence-corrected chi connectivity index (χ0v) is 32.1. The second kappa shape index (κ2) is 21.2. The summed E-state index contributed by atoms with van der Waals surface area (Å²) in [5.74, 6) is -3.15. The Balaban J connectivity index is 0.00000707. The fraction of sp³-hybridized carbons (Fsp3) is 0.857. The van der Waals surface area contributed by atoms with Gasteiger partial charge < -0.3 is 34.4 Å². The van der Waals surface area contributed by atoms with Crippen molar-refractivity contribution in [2.45, 2.75) is 137 Å². The summed E-state index contributed by atoms with van der Waals surface area (Å²) in [7, 11) is 6.08. The molecule has 2 N–H and O–H groups in total. The van der Waals surface area contributed by atoms with E-state index in [1.54, 1.807) is 53.5 Å². The molecule has 0 aromatic rings. The Bertz CT molecular complexity index is 1030. The van der Waals surface area contributed by atoms with Gasteiger partial charge in [-0.15, -0.1) is 0 Å². The third kappa shape index (κ3) is 13.5. The van der Waals surface area contributed by atoms with Crippen molar-refractivity contribution in [2.75, 3.05) is 41.4 Å². The van der Waals surface area contributed by atoms with Gasteiger partial charge in [0.2, 0.25) is 17.7 Å². The zero-order chi connectivity index (χ0) is 37.5. The van der Waals surface area contributed by atoms with Crippen molar-refractivity contribution in [3.05, 3.63) is 0 Å². The van der Waals surface area contributed by atoms with Crippen LogP contribution in [0.3, 0.4) is 0 Å². The van der Waals surface area contributed by atoms with Crippen LogP contribution >= 0.6 is 0 Å². The SMILES string of the molecule is CCC.CCC(C)C(C(CC(=O)N1CCCC1C(OC)C(C)C(=O)O)OC)N(C)C(=O)CNC(=O)C(C(C)C)N(C)C(=O)OC(C)(C)C. The number of hydrogen-bond acceptors (Lipinski definition) is 8. The molecule has 13 nitrogen and oxygen atoms in total. The number of nitrogens with one attached hydrogen (secondary N) is 1. The molecule has 13 heteroatoms. The molecule has 0 bridgehead atoms. The van der Waals surface area contributed by atoms with Gasteiger partial charge in [0, 0.05) is 34.9 Å². The maximum Gasteiger partial charge on any atom is 0.410 e. The fourth-order valence-electron chi connectivity index (χ4n) is 6.08. The molecule has 7 atom stereocenters. The largest absolute Gasteiger partial charge is 0.481 e. The van der Waals surface area contributed by atoms with Gasteiger partial charge in [-0.25, -0.2) is 4.79 Å². The summed E-state index contributed by atoms with van der Waals surface area (Å²) in [6, 6.07) is -1.73. The summed E-state index contributed by atoms with van der Waals surface area (Å²) in [5, 5.41) is 12.2. The van der Waals surface area contributed by atoms with Crippen LogP contribution in [-0.4, -0.2) is 127 Å². The van der Waals surface area contributed by atoms with Gasteiger partial charge in [-0.2, -0.15) is 0 Å². The van der Waals surface area contributed by atoms with E-state index in [0.29, 0.717) is 19.4 Å². The topological polar surface area (TPSA) is 155 Å². The van der Waals surface area contributed by atoms with Gasteiger partial charge in [0.25, 0.3) is 0 Å². The van der Waals surface area contributed by atoms with Crippen LogP contribution in [0.2, 0.25) is 0 Å². The van der Waals surface area contributed by atoms with Crippen molar-refractivity contribution in [1.29, 1.82) is 0 Å². The highest BCUT2D eigenvalue weighted by Crippen LogP contribution is 2.29. The highest BCUT2D eigenvalue weighted by molar-refractivity contribution is 5.89. The zero-order valence-electron chi connectivity index (χ0n) is 32.1. The maximum atomic E-state index is 13.6. The first-order valence-corrected chi connectivity index (χ1v) is 17.3. The molecule has 0 aromatic heterocycles. The number of nitrogens with zero attached hydrogens (tertiary/aromatic N) is 3. The second-order valence-corrected chi connectivity index (χ2v) is 14.2. The van der Waals surface area contributed by atoms with Crippen LogP contribution in [0, 0.1) is 17.8 Å². The van der Waals surface area contributed by atoms with Crippen LogP contribution in [-0.2, 0) is 33.4 Å². The molecule has 1 rings (SSSR count). The second-order valence-electron chi connectivity index (χ2n) is 14.2. The lowest BCUT2D eigenvalue weighted by molar-refractivity contribution is -0.151. The van der Waals surface area contributed by atoms with Gasteiger partial charge in [0.1, 0.15) is 11.6 Å². The van der Waals surface area contributed by atoms with Crippen molar-refractivity contribution in [3.63, 3.8) is 0 Å². The van der Waals surface area contributed by atoms with Crippen molar-refractivity contribution in [2.24, 2.45) is 17.8 Å². The molecule has 280 valence electrons. The summed E-state index contributed by atoms with van der Waals surface area (Å²) < 4.78 is 16.8. The Labute approximate surface area is 289 Å². The number of carbonyl (C=O) groups excluding carboxylic acids is 4. The van der Waals surface area contributed by atoms with Crippen LogP contribution in [0.15, 0.2) is 0 Å². The van der Waals surface area contributed by atoms with E-state index >= 15 is 0 Å². The number of hydrogen-bond donors (Lipinski definition) is 2. The molecule has 7 unspecified atom stereocenters. The van der Waals surface area contributed by atoms with Gasteiger partial charge in [-0.1, -0.05) is 54.4 Å². The first-order valence-electron chi connectivity index (χ1n) is 17.3. The summed E-state index contributed by atoms with van der Waals surface area (Å²) in [6.45, 7) is 18.8. The van der Waals surface area contributed by atoms with Gasteiger partial charge >= 0.3 is 12.1 Å². The van der Waals surface area contributed by atoms with E-state index in [0.717, 1.165) is 6.42 Å². The van der Waals surface area contributed by atoms with Crippen molar-refractivity contribution in [3.8, 4) is 0 Å². The Morgan fingerprint density at radius 3 is 1.96 bits per heavy atom. The van der Waals surface area contributed by atoms with E-state index in [1.165, 1.54) is 37.5 Å². The Morgan fingerprint density at radius 1 is 0.958 bits per heavy atom. The molecule has 0 spiro atoms. The van der Waals surface area contributed by atoms with Crippen molar-refractivity contribution < 1.29 is 43.3 Å². The molecule has 1 aliphatic heterocycles. The minimum Gasteiger partial charge on any atom is -0.481 e. The normalized spacial score (nSPS) is 18.4. The number of amides is 4. The molecule has 0 saturated carbocycles. The minimum absolute atomic E-state index is 0.0139. The number of carboxylic acids is 1. The van der Waals surface area contributed by atoms with Crippen LogP contribution in [0.4, 0.5) is 4.79 Å². The first-order chi connectivity index (χ1) is 22.2. The number of ether oxygens (including phenoxy) is 3. The van der Waals surface area contributed by atoms with Gasteiger partial charge in [-0.05, 0) is 52.4 Å². The number of likely N-dealkylation sites (N-methyl/N-ethyl adjacent to an activating group) is 2. The smallest absolute Gasteiger partial charge is 0.410 e. The molecule has 1 saturated heterocycles. The Kier molecular flexibility index (Phi) is 19.9. The lowest BCUT2D eigenvalue weighted by Gasteiger charge is -2.39. The summed E-state index contributed by atoms with van der Waals surface area (Å²) in [6.07, 6.45) is 1.35. The fourth-order valence-corrected chi connectivity index (χ4v) is 6.08. The number of rotatable bonds is 16. The number of likely N-dealkylation sites (tertiary alicyclic amines) is 1. The molecular weight excluding hydrogens is 620 g/mol. The Hall–Kier alpha value is -2.93. The third-order valence-corrected chi connectivity index (χ3v) is 8.69. The van der Waals surface area contributed by atoms with Crippen LogP contribution in [0.5, 0.6) is 0 Å². The number of carbonyl (C=O) groups is 5. The van der Waals surface area contributed by atoms with Crippen molar-refractivity contribution in [1.82, 2.24) is 20.0 Å². The number of methoxy groups -OCH3 is 2. The van der Waals surface area contributed by atoms with Crippen LogP contribution in [0.25, 0.3) is 0 Å². The van der Waals surface area contributed by atoms with E-state index in [1.807, 2.05) is 13.8 Å². The van der Waals surface area contributed by atoms with Gasteiger partial charge in [-0.3, -0.25) is 24.1 Å². The van der Waals surface area contributed by atoms with Crippen LogP contribution < -0.4 is 5.32 Å². The summed E-state index contributed by atoms with van der Waals surface area (Å²) >= 11 is 0. The molecule has 1 aliphatic rings. The van der Waals surface area contributed by atoms with E-state index in [-0.39, 0.29) is 42.7 Å². The minimum atomic E-state index is -0.990. The summed E-state index contributed by atoms with van der Waals surface area (Å²) in [5.41, 5.74) is -0.732. The lowest BCUT2D eigenvalue weighted by atomic mass is 9.90. The number of aliphatic carboxylic acids is 1. The molecule has 48 heavy (non-hydrogen) atoms. The van der Waals surface area contributed by atoms with E-state index in [2.05, 4.69) is 19.2 Å². The molecule has 0 aromatic carbocycles. The predicted octanol–water partition coefficient (Wildman–Crippen LogP) is 4.42. The van der Waals surface area contributed by atoms with Gasteiger partial charge in [0.05, 0.1) is 43.2 Å². The van der Waals surface area contributed by atoms with E-state index in [4.69, 9.17) is 14.2 Å². The van der Waals surface area contributed by atoms with Crippen molar-refractivity contribution >= 4 is 29.8 Å². The molecule has 0 aliphatic carbocycles. The third-order valence-electron chi connectivity index (χ3n) is 8.69. The van der Waals surface area contributed by atoms with Gasteiger partial charge in [0.15, 0.2) is 0 Å². The van der Waals surface area contributed by atoms with E-state index in [9.17, 15) is 29.1 Å². The Morgan fingerprint density at radius 2 is 1.52 bits per heavy atom. The highest BCUT2D eigenvalue weighted by Gasteiger charge is 2.42. The predicted molar refractivity (Wildman–Crippen MR) is 185 cm³/mol. The lowest BCUT2D eigenvalue weighted by Crippen LogP contribution is -2.56. The highest BCUT2D eigenvalue weighted by atomic mass is 16.6. The maximum absolute atomic E-state index is 13.6. The molecule has 1 heterocycles. The molecule has 4 amide bonds.